The molecule has 0 spiro atoms. The van der Waals surface area contributed by atoms with Gasteiger partial charge in [0.2, 0.25) is 0 Å². The minimum Gasteiger partial charge on any atom is -0.481 e. The van der Waals surface area contributed by atoms with E-state index in [0.29, 0.717) is 22.0 Å². The van der Waals surface area contributed by atoms with Gasteiger partial charge in [-0.3, -0.25) is 14.2 Å². The molecule has 0 saturated carbocycles. The molecule has 2 aromatic rings. The number of hydrogen-bond acceptors (Lipinski definition) is 4. The van der Waals surface area contributed by atoms with Crippen LogP contribution in [0.1, 0.15) is 31.9 Å². The third-order valence-electron chi connectivity index (χ3n) is 3.30. The van der Waals surface area contributed by atoms with E-state index in [2.05, 4.69) is 0 Å². The Labute approximate surface area is 139 Å². The minimum atomic E-state index is -1.00. The van der Waals surface area contributed by atoms with Crippen LogP contribution in [0, 0.1) is 0 Å². The average molecular weight is 332 g/mol. The van der Waals surface area contributed by atoms with Crippen LogP contribution in [0.3, 0.4) is 0 Å². The van der Waals surface area contributed by atoms with Crippen molar-refractivity contribution in [1.29, 1.82) is 0 Å². The Bertz CT molecular complexity index is 814. The smallest absolute Gasteiger partial charge is 0.323 e. The van der Waals surface area contributed by atoms with Crippen molar-refractivity contribution < 1.29 is 24.2 Å². The number of carbonyl (C=O) groups excluding carboxylic acids is 2. The van der Waals surface area contributed by atoms with Crippen LogP contribution in [0.2, 0.25) is 0 Å². The van der Waals surface area contributed by atoms with Crippen LogP contribution in [0.4, 0.5) is 4.79 Å². The summed E-state index contributed by atoms with van der Waals surface area (Å²) < 4.78 is 6.46. The zero-order chi connectivity index (χ0) is 18.1. The molecule has 0 bridgehead atoms. The monoisotopic (exact) mass is 332 g/mol. The lowest BCUT2D eigenvalue weighted by Gasteiger charge is -2.19. The number of esters is 1. The zero-order valence-corrected chi connectivity index (χ0v) is 13.8. The molecule has 1 heterocycles. The Balaban J connectivity index is 2.39. The number of carboxylic acid groups (broad SMARTS) is 1. The van der Waals surface area contributed by atoms with E-state index in [1.165, 1.54) is 10.8 Å². The molecule has 1 aromatic heterocycles. The maximum atomic E-state index is 11.9. The predicted octanol–water partition coefficient (Wildman–Crippen LogP) is 2.08. The van der Waals surface area contributed by atoms with Crippen LogP contribution in [0.25, 0.3) is 10.9 Å². The third kappa shape index (κ3) is 4.13. The van der Waals surface area contributed by atoms with Gasteiger partial charge in [0.15, 0.2) is 0 Å². The number of nitrogens with two attached hydrogens (primary N) is 1. The van der Waals surface area contributed by atoms with Crippen molar-refractivity contribution >= 4 is 28.9 Å². The number of aliphatic carboxylic acids is 1. The second-order valence-corrected chi connectivity index (χ2v) is 6.55. The highest BCUT2D eigenvalue weighted by molar-refractivity contribution is 5.95. The van der Waals surface area contributed by atoms with Crippen molar-refractivity contribution in [3.8, 4) is 0 Å². The highest BCUT2D eigenvalue weighted by Gasteiger charge is 2.18. The lowest BCUT2D eigenvalue weighted by Crippen LogP contribution is -2.24. The number of carboxylic acids is 1. The van der Waals surface area contributed by atoms with Gasteiger partial charge >= 0.3 is 18.0 Å². The van der Waals surface area contributed by atoms with Gasteiger partial charge in [-0.25, -0.2) is 4.79 Å². The van der Waals surface area contributed by atoms with Gasteiger partial charge in [0.25, 0.3) is 0 Å². The maximum absolute atomic E-state index is 11.9. The molecule has 2 rings (SSSR count). The molecule has 1 aromatic carbocycles. The molecular formula is C17H20N2O5. The molecule has 128 valence electrons. The van der Waals surface area contributed by atoms with Crippen molar-refractivity contribution in [3.05, 3.63) is 35.5 Å². The van der Waals surface area contributed by atoms with Crippen molar-refractivity contribution in [3.63, 3.8) is 0 Å². The summed E-state index contributed by atoms with van der Waals surface area (Å²) in [6.07, 6.45) is 1.24. The molecule has 0 unspecified atom stereocenters. The number of ether oxygens (including phenoxy) is 1. The minimum absolute atomic E-state index is 0.0470. The zero-order valence-electron chi connectivity index (χ0n) is 13.8. The second kappa shape index (κ2) is 6.35. The number of aromatic nitrogens is 1. The van der Waals surface area contributed by atoms with E-state index in [4.69, 9.17) is 15.6 Å². The van der Waals surface area contributed by atoms with Gasteiger partial charge in [0.1, 0.15) is 5.60 Å². The van der Waals surface area contributed by atoms with E-state index in [-0.39, 0.29) is 18.8 Å². The number of nitrogens with zero attached hydrogens (tertiary/aromatic N) is 1. The first-order valence-corrected chi connectivity index (χ1v) is 7.43. The van der Waals surface area contributed by atoms with E-state index in [1.807, 2.05) is 0 Å². The fourth-order valence-corrected chi connectivity index (χ4v) is 2.48. The summed E-state index contributed by atoms with van der Waals surface area (Å²) >= 11 is 0. The Kier molecular flexibility index (Phi) is 4.64. The molecule has 0 aliphatic carbocycles. The van der Waals surface area contributed by atoms with Gasteiger partial charge < -0.3 is 15.6 Å². The second-order valence-electron chi connectivity index (χ2n) is 6.55. The first-order valence-electron chi connectivity index (χ1n) is 7.43. The quantitative estimate of drug-likeness (QED) is 0.833. The highest BCUT2D eigenvalue weighted by Crippen LogP contribution is 2.24. The predicted molar refractivity (Wildman–Crippen MR) is 87.8 cm³/mol. The fourth-order valence-electron chi connectivity index (χ4n) is 2.48. The molecule has 0 aliphatic heterocycles. The highest BCUT2D eigenvalue weighted by atomic mass is 16.6. The standard InChI is InChI=1S/C17H20N2O5/c1-17(2,3)24-15(22)7-10-4-5-12-11(8-14(20)21)9-19(16(18)23)13(12)6-10/h4-6,9H,7-8H2,1-3H3,(H2,18,23)(H,20,21). The number of hydrogen-bond donors (Lipinski definition) is 2. The summed E-state index contributed by atoms with van der Waals surface area (Å²) in [5.41, 5.74) is 6.37. The summed E-state index contributed by atoms with van der Waals surface area (Å²) in [6, 6.07) is 4.33. The molecule has 7 nitrogen and oxygen atoms in total. The summed E-state index contributed by atoms with van der Waals surface area (Å²) in [6.45, 7) is 5.35. The number of primary amides is 1. The first kappa shape index (κ1) is 17.5. The van der Waals surface area contributed by atoms with E-state index in [9.17, 15) is 14.4 Å². The lowest BCUT2D eigenvalue weighted by molar-refractivity contribution is -0.153. The summed E-state index contributed by atoms with van der Waals surface area (Å²) in [5, 5.41) is 9.58. The molecule has 7 heteroatoms. The Morgan fingerprint density at radius 1 is 1.21 bits per heavy atom. The van der Waals surface area contributed by atoms with Crippen molar-refractivity contribution in [1.82, 2.24) is 4.57 Å². The van der Waals surface area contributed by atoms with E-state index >= 15 is 0 Å². The molecule has 0 fully saturated rings. The number of carbonyl (C=O) groups is 3. The Morgan fingerprint density at radius 2 is 1.88 bits per heavy atom. The summed E-state index contributed by atoms with van der Waals surface area (Å²) in [5.74, 6) is -1.39. The summed E-state index contributed by atoms with van der Waals surface area (Å²) in [7, 11) is 0. The van der Waals surface area contributed by atoms with E-state index in [1.54, 1.807) is 39.0 Å². The van der Waals surface area contributed by atoms with E-state index in [0.717, 1.165) is 0 Å². The number of benzene rings is 1. The van der Waals surface area contributed by atoms with Crippen molar-refractivity contribution in [2.75, 3.05) is 0 Å². The van der Waals surface area contributed by atoms with Crippen LogP contribution < -0.4 is 5.73 Å². The van der Waals surface area contributed by atoms with Crippen LogP contribution in [0.15, 0.2) is 24.4 Å². The van der Waals surface area contributed by atoms with Crippen molar-refractivity contribution in [2.24, 2.45) is 5.73 Å². The van der Waals surface area contributed by atoms with Gasteiger partial charge in [0, 0.05) is 11.6 Å². The van der Waals surface area contributed by atoms with Gasteiger partial charge in [-0.15, -0.1) is 0 Å². The van der Waals surface area contributed by atoms with Crippen molar-refractivity contribution in [2.45, 2.75) is 39.2 Å². The molecule has 0 saturated heterocycles. The molecule has 1 amide bonds. The molecular weight excluding hydrogens is 312 g/mol. The van der Waals surface area contributed by atoms with Crippen LogP contribution in [-0.4, -0.2) is 33.2 Å². The molecule has 3 N–H and O–H groups in total. The van der Waals surface area contributed by atoms with Gasteiger partial charge in [0.05, 0.1) is 18.4 Å². The average Bonchev–Trinajstić information content (AvgIpc) is 2.74. The van der Waals surface area contributed by atoms with E-state index < -0.39 is 17.6 Å². The van der Waals surface area contributed by atoms with Crippen LogP contribution in [0.5, 0.6) is 0 Å². The third-order valence-corrected chi connectivity index (χ3v) is 3.30. The van der Waals surface area contributed by atoms with Crippen LogP contribution >= 0.6 is 0 Å². The molecule has 0 aliphatic rings. The lowest BCUT2D eigenvalue weighted by atomic mass is 10.1. The number of fused-ring (bicyclic) bond motifs is 1. The maximum Gasteiger partial charge on any atom is 0.323 e. The molecule has 0 radical (unpaired) electrons. The number of rotatable bonds is 4. The molecule has 24 heavy (non-hydrogen) atoms. The van der Waals surface area contributed by atoms with Gasteiger partial charge in [-0.1, -0.05) is 12.1 Å². The fraction of sp³-hybridized carbons (Fsp3) is 0.353. The topological polar surface area (TPSA) is 112 Å². The Hall–Kier alpha value is -2.83. The van der Waals surface area contributed by atoms with Gasteiger partial charge in [-0.2, -0.15) is 0 Å². The largest absolute Gasteiger partial charge is 0.481 e. The number of amides is 1. The SMILES string of the molecule is CC(C)(C)OC(=O)Cc1ccc2c(CC(=O)O)cn(C(N)=O)c2c1. The normalized spacial score (nSPS) is 11.5. The van der Waals surface area contributed by atoms with Gasteiger partial charge in [-0.05, 0) is 38.0 Å². The summed E-state index contributed by atoms with van der Waals surface area (Å²) in [4.78, 5) is 34.5. The molecule has 0 atom stereocenters. The Morgan fingerprint density at radius 3 is 2.42 bits per heavy atom. The first-order chi connectivity index (χ1) is 11.1. The van der Waals surface area contributed by atoms with Crippen LogP contribution in [-0.2, 0) is 27.2 Å².